The van der Waals surface area contributed by atoms with Crippen molar-refractivity contribution in [2.75, 3.05) is 11.9 Å². The predicted octanol–water partition coefficient (Wildman–Crippen LogP) is 3.98. The summed E-state index contributed by atoms with van der Waals surface area (Å²) in [6.07, 6.45) is 3.00. The quantitative estimate of drug-likeness (QED) is 0.728. The van der Waals surface area contributed by atoms with Crippen molar-refractivity contribution in [3.8, 4) is 0 Å². The van der Waals surface area contributed by atoms with Gasteiger partial charge in [-0.1, -0.05) is 22.0 Å². The lowest BCUT2D eigenvalue weighted by molar-refractivity contribution is 0.0733. The maximum absolute atomic E-state index is 13.4. The summed E-state index contributed by atoms with van der Waals surface area (Å²) in [7, 11) is 0. The number of nitrogens with zero attached hydrogens (tertiary/aromatic N) is 1. The topological polar surface area (TPSA) is 20.3 Å². The second-order valence-electron chi connectivity index (χ2n) is 4.37. The highest BCUT2D eigenvalue weighted by Gasteiger charge is 2.30. The Morgan fingerprint density at radius 1 is 1.50 bits per heavy atom. The first-order valence-corrected chi connectivity index (χ1v) is 7.87. The van der Waals surface area contributed by atoms with Crippen LogP contribution in [0.1, 0.15) is 29.6 Å². The Kier molecular flexibility index (Phi) is 4.78. The van der Waals surface area contributed by atoms with Crippen molar-refractivity contribution >= 4 is 37.8 Å². The molecule has 0 spiro atoms. The standard InChI is InChI=1S/C13H14Br2FNO/c14-7-6-9-3-2-8-17(9)13(18)10-4-1-5-11(16)12(10)15/h1,4-5,9H,2-3,6-8H2. The van der Waals surface area contributed by atoms with Crippen LogP contribution in [0.2, 0.25) is 0 Å². The molecule has 0 aromatic heterocycles. The Labute approximate surface area is 123 Å². The molecule has 0 aliphatic carbocycles. The molecule has 1 aromatic carbocycles. The van der Waals surface area contributed by atoms with E-state index >= 15 is 0 Å². The summed E-state index contributed by atoms with van der Waals surface area (Å²) >= 11 is 6.57. The molecule has 0 N–H and O–H groups in total. The number of rotatable bonds is 3. The van der Waals surface area contributed by atoms with Crippen molar-refractivity contribution in [3.05, 3.63) is 34.1 Å². The Morgan fingerprint density at radius 3 is 3.00 bits per heavy atom. The minimum atomic E-state index is -0.392. The van der Waals surface area contributed by atoms with Gasteiger partial charge in [-0.15, -0.1) is 0 Å². The molecule has 1 saturated heterocycles. The summed E-state index contributed by atoms with van der Waals surface area (Å²) in [4.78, 5) is 14.3. The van der Waals surface area contributed by atoms with Crippen LogP contribution >= 0.6 is 31.9 Å². The van der Waals surface area contributed by atoms with Crippen molar-refractivity contribution in [2.24, 2.45) is 0 Å². The van der Waals surface area contributed by atoms with Crippen LogP contribution in [-0.2, 0) is 0 Å². The first-order valence-electron chi connectivity index (χ1n) is 5.96. The smallest absolute Gasteiger partial charge is 0.255 e. The van der Waals surface area contributed by atoms with Crippen LogP contribution < -0.4 is 0 Å². The molecule has 1 heterocycles. The van der Waals surface area contributed by atoms with Crippen LogP contribution in [0.3, 0.4) is 0 Å². The summed E-state index contributed by atoms with van der Waals surface area (Å²) < 4.78 is 13.7. The average Bonchev–Trinajstić information content (AvgIpc) is 2.80. The molecule has 18 heavy (non-hydrogen) atoms. The number of carbonyl (C=O) groups is 1. The summed E-state index contributed by atoms with van der Waals surface area (Å²) in [5.74, 6) is -0.470. The monoisotopic (exact) mass is 377 g/mol. The van der Waals surface area contributed by atoms with Crippen molar-refractivity contribution in [2.45, 2.75) is 25.3 Å². The van der Waals surface area contributed by atoms with Gasteiger partial charge >= 0.3 is 0 Å². The summed E-state index contributed by atoms with van der Waals surface area (Å²) in [5, 5.41) is 0.881. The summed E-state index contributed by atoms with van der Waals surface area (Å²) in [6, 6.07) is 4.86. The van der Waals surface area contributed by atoms with E-state index in [-0.39, 0.29) is 16.4 Å². The largest absolute Gasteiger partial charge is 0.336 e. The predicted molar refractivity (Wildman–Crippen MR) is 76.6 cm³/mol. The number of alkyl halides is 1. The van der Waals surface area contributed by atoms with Crippen LogP contribution in [0.25, 0.3) is 0 Å². The van der Waals surface area contributed by atoms with Crippen molar-refractivity contribution in [3.63, 3.8) is 0 Å². The molecular weight excluding hydrogens is 365 g/mol. The van der Waals surface area contributed by atoms with Gasteiger partial charge in [-0.2, -0.15) is 0 Å². The van der Waals surface area contributed by atoms with E-state index in [4.69, 9.17) is 0 Å². The number of likely N-dealkylation sites (tertiary alicyclic amines) is 1. The lowest BCUT2D eigenvalue weighted by Crippen LogP contribution is -2.36. The average molecular weight is 379 g/mol. The SMILES string of the molecule is O=C(c1cccc(F)c1Br)N1CCCC1CCBr. The third-order valence-corrected chi connectivity index (χ3v) is 4.53. The Balaban J connectivity index is 2.23. The third kappa shape index (κ3) is 2.77. The van der Waals surface area contributed by atoms with E-state index < -0.39 is 5.82 Å². The molecule has 1 aliphatic rings. The molecule has 1 atom stereocenters. The summed E-state index contributed by atoms with van der Waals surface area (Å²) in [6.45, 7) is 0.763. The molecule has 98 valence electrons. The number of amides is 1. The Bertz CT molecular complexity index is 453. The first kappa shape index (κ1) is 14.0. The van der Waals surface area contributed by atoms with Gasteiger partial charge in [-0.3, -0.25) is 4.79 Å². The summed E-state index contributed by atoms with van der Waals surface area (Å²) in [5.41, 5.74) is 0.413. The molecule has 2 nitrogen and oxygen atoms in total. The van der Waals surface area contributed by atoms with Gasteiger partial charge in [0.05, 0.1) is 10.0 Å². The van der Waals surface area contributed by atoms with Crippen molar-refractivity contribution < 1.29 is 9.18 Å². The van der Waals surface area contributed by atoms with Gasteiger partial charge < -0.3 is 4.90 Å². The molecular formula is C13H14Br2FNO. The maximum Gasteiger partial charge on any atom is 0.255 e. The first-order chi connectivity index (χ1) is 8.65. The highest BCUT2D eigenvalue weighted by Crippen LogP contribution is 2.27. The minimum Gasteiger partial charge on any atom is -0.336 e. The van der Waals surface area contributed by atoms with Crippen molar-refractivity contribution in [1.82, 2.24) is 4.90 Å². The lowest BCUT2D eigenvalue weighted by Gasteiger charge is -2.24. The fourth-order valence-corrected chi connectivity index (χ4v) is 3.32. The van der Waals surface area contributed by atoms with Gasteiger partial charge in [0.15, 0.2) is 0 Å². The molecule has 5 heteroatoms. The number of benzene rings is 1. The third-order valence-electron chi connectivity index (χ3n) is 3.26. The van der Waals surface area contributed by atoms with E-state index in [1.54, 1.807) is 12.1 Å². The Morgan fingerprint density at radius 2 is 2.28 bits per heavy atom. The van der Waals surface area contributed by atoms with E-state index in [0.717, 1.165) is 31.1 Å². The van der Waals surface area contributed by atoms with E-state index in [9.17, 15) is 9.18 Å². The molecule has 1 amide bonds. The van der Waals surface area contributed by atoms with Crippen LogP contribution in [0.15, 0.2) is 22.7 Å². The van der Waals surface area contributed by atoms with Gasteiger partial charge in [-0.05, 0) is 47.3 Å². The van der Waals surface area contributed by atoms with Gasteiger partial charge in [0, 0.05) is 17.9 Å². The zero-order valence-electron chi connectivity index (χ0n) is 9.83. The normalized spacial score (nSPS) is 19.3. The number of carbonyl (C=O) groups excluding carboxylic acids is 1. The van der Waals surface area contributed by atoms with E-state index in [0.29, 0.717) is 5.56 Å². The van der Waals surface area contributed by atoms with E-state index in [1.807, 2.05) is 4.90 Å². The van der Waals surface area contributed by atoms with E-state index in [2.05, 4.69) is 31.9 Å². The lowest BCUT2D eigenvalue weighted by atomic mass is 10.1. The molecule has 2 rings (SSSR count). The zero-order valence-corrected chi connectivity index (χ0v) is 13.0. The number of hydrogen-bond donors (Lipinski definition) is 0. The zero-order chi connectivity index (χ0) is 13.1. The molecule has 0 saturated carbocycles. The molecule has 1 aromatic rings. The molecule has 0 bridgehead atoms. The van der Waals surface area contributed by atoms with Gasteiger partial charge in [0.2, 0.25) is 0 Å². The van der Waals surface area contributed by atoms with Crippen molar-refractivity contribution in [1.29, 1.82) is 0 Å². The number of halogens is 3. The van der Waals surface area contributed by atoms with Crippen LogP contribution in [0.4, 0.5) is 4.39 Å². The van der Waals surface area contributed by atoms with E-state index in [1.165, 1.54) is 6.07 Å². The number of hydrogen-bond acceptors (Lipinski definition) is 1. The van der Waals surface area contributed by atoms with Crippen LogP contribution in [-0.4, -0.2) is 28.7 Å². The second-order valence-corrected chi connectivity index (χ2v) is 5.96. The van der Waals surface area contributed by atoms with Gasteiger partial charge in [0.25, 0.3) is 5.91 Å². The highest BCUT2D eigenvalue weighted by atomic mass is 79.9. The van der Waals surface area contributed by atoms with Crippen LogP contribution in [0.5, 0.6) is 0 Å². The molecule has 1 fully saturated rings. The molecule has 0 radical (unpaired) electrons. The molecule has 1 aliphatic heterocycles. The van der Waals surface area contributed by atoms with Gasteiger partial charge in [0.1, 0.15) is 5.82 Å². The maximum atomic E-state index is 13.4. The highest BCUT2D eigenvalue weighted by molar-refractivity contribution is 9.10. The Hall–Kier alpha value is -0.420. The second kappa shape index (κ2) is 6.15. The fourth-order valence-electron chi connectivity index (χ4n) is 2.35. The van der Waals surface area contributed by atoms with Crippen LogP contribution in [0, 0.1) is 5.82 Å². The van der Waals surface area contributed by atoms with Gasteiger partial charge in [-0.25, -0.2) is 4.39 Å². The fraction of sp³-hybridized carbons (Fsp3) is 0.462. The minimum absolute atomic E-state index is 0.0789. The molecule has 1 unspecified atom stereocenters.